The van der Waals surface area contributed by atoms with Gasteiger partial charge in [0.1, 0.15) is 0 Å². The summed E-state index contributed by atoms with van der Waals surface area (Å²) in [6.07, 6.45) is -19.3. The van der Waals surface area contributed by atoms with E-state index in [0.29, 0.717) is 22.6 Å². The zero-order valence-corrected chi connectivity index (χ0v) is 8.64. The van der Waals surface area contributed by atoms with Crippen LogP contribution in [0.2, 0.25) is 0 Å². The summed E-state index contributed by atoms with van der Waals surface area (Å²) in [6.45, 7) is 0. The van der Waals surface area contributed by atoms with E-state index in [4.69, 9.17) is 0 Å². The molecule has 10 heteroatoms. The highest BCUT2D eigenvalue weighted by Crippen LogP contribution is 2.60. The molecule has 0 N–H and O–H groups in total. The van der Waals surface area contributed by atoms with Crippen molar-refractivity contribution in [2.24, 2.45) is 5.41 Å². The molecule has 0 heterocycles. The molecule has 0 aliphatic rings. The lowest BCUT2D eigenvalue weighted by atomic mass is 9.88. The summed E-state index contributed by atoms with van der Waals surface area (Å²) in [5, 5.41) is 0. The summed E-state index contributed by atoms with van der Waals surface area (Å²) in [4.78, 5) is 0. The standard InChI is InChI=1S/C5H2F9I/c6-3(7,8)2(1-15,4(9,10)11)5(12,13)14/h1H2. The molecule has 0 nitrogen and oxygen atoms in total. The second kappa shape index (κ2) is 3.84. The van der Waals surface area contributed by atoms with Crippen molar-refractivity contribution in [3.63, 3.8) is 0 Å². The SMILES string of the molecule is FC(F)(F)C(CI)(C(F)(F)F)C(F)(F)F. The van der Waals surface area contributed by atoms with Crippen LogP contribution < -0.4 is 0 Å². The highest BCUT2D eigenvalue weighted by molar-refractivity contribution is 14.1. The molecule has 0 rings (SSSR count). The Morgan fingerprint density at radius 1 is 0.600 bits per heavy atom. The second-order valence-electron chi connectivity index (χ2n) is 2.53. The quantitative estimate of drug-likeness (QED) is 0.376. The molecule has 0 aliphatic heterocycles. The highest BCUT2D eigenvalue weighted by Gasteiger charge is 2.82. The minimum absolute atomic E-state index is 0.418. The summed E-state index contributed by atoms with van der Waals surface area (Å²) < 4.78 is 105. The molecule has 0 amide bonds. The first-order valence-electron chi connectivity index (χ1n) is 3.07. The first-order chi connectivity index (χ1) is 6.31. The van der Waals surface area contributed by atoms with Crippen LogP contribution in [0.4, 0.5) is 39.5 Å². The molecule has 0 bridgehead atoms. The van der Waals surface area contributed by atoms with Crippen LogP contribution in [-0.4, -0.2) is 23.0 Å². The Kier molecular flexibility index (Phi) is 3.87. The molecule has 0 unspecified atom stereocenters. The van der Waals surface area contributed by atoms with E-state index in [1.165, 1.54) is 0 Å². The zero-order chi connectivity index (χ0) is 12.7. The van der Waals surface area contributed by atoms with Crippen molar-refractivity contribution in [3.05, 3.63) is 0 Å². The van der Waals surface area contributed by atoms with E-state index in [2.05, 4.69) is 0 Å². The molecule has 0 fully saturated rings. The van der Waals surface area contributed by atoms with Gasteiger partial charge in [0.05, 0.1) is 0 Å². The van der Waals surface area contributed by atoms with Crippen LogP contribution in [-0.2, 0) is 0 Å². The molecule has 0 aromatic rings. The largest absolute Gasteiger partial charge is 0.412 e. The van der Waals surface area contributed by atoms with E-state index in [1.807, 2.05) is 0 Å². The number of halogens is 10. The van der Waals surface area contributed by atoms with Crippen LogP contribution in [0.25, 0.3) is 0 Å². The maximum Gasteiger partial charge on any atom is 0.412 e. The second-order valence-corrected chi connectivity index (χ2v) is 3.30. The fourth-order valence-corrected chi connectivity index (χ4v) is 2.01. The topological polar surface area (TPSA) is 0 Å². The smallest absolute Gasteiger partial charge is 0.170 e. The first kappa shape index (κ1) is 15.1. The molecular formula is C5H2F9I. The minimum atomic E-state index is -6.43. The van der Waals surface area contributed by atoms with Crippen molar-refractivity contribution < 1.29 is 39.5 Å². The summed E-state index contributed by atoms with van der Waals surface area (Å²) in [6, 6.07) is 0. The summed E-state index contributed by atoms with van der Waals surface area (Å²) in [5.74, 6) is 0. The lowest BCUT2D eigenvalue weighted by molar-refractivity contribution is -0.416. The van der Waals surface area contributed by atoms with Gasteiger partial charge in [-0.15, -0.1) is 0 Å². The van der Waals surface area contributed by atoms with Crippen molar-refractivity contribution in [2.75, 3.05) is 4.43 Å². The van der Waals surface area contributed by atoms with Gasteiger partial charge in [0.25, 0.3) is 5.41 Å². The number of alkyl halides is 10. The maximum atomic E-state index is 11.9. The molecule has 0 radical (unpaired) electrons. The van der Waals surface area contributed by atoms with Gasteiger partial charge < -0.3 is 0 Å². The third kappa shape index (κ3) is 2.28. The molecule has 0 aliphatic carbocycles. The van der Waals surface area contributed by atoms with E-state index in [0.717, 1.165) is 0 Å². The molecule has 15 heavy (non-hydrogen) atoms. The lowest BCUT2D eigenvalue weighted by Gasteiger charge is -2.37. The number of rotatable bonds is 1. The van der Waals surface area contributed by atoms with E-state index >= 15 is 0 Å². The van der Waals surface area contributed by atoms with Crippen molar-refractivity contribution in [1.82, 2.24) is 0 Å². The van der Waals surface area contributed by atoms with Crippen LogP contribution >= 0.6 is 22.6 Å². The Balaban J connectivity index is 5.78. The molecule has 0 saturated carbocycles. The average molecular weight is 360 g/mol. The fourth-order valence-electron chi connectivity index (χ4n) is 0.709. The van der Waals surface area contributed by atoms with Gasteiger partial charge >= 0.3 is 18.5 Å². The van der Waals surface area contributed by atoms with E-state index in [9.17, 15) is 39.5 Å². The van der Waals surface area contributed by atoms with Crippen LogP contribution in [0.5, 0.6) is 0 Å². The van der Waals surface area contributed by atoms with Crippen molar-refractivity contribution in [3.8, 4) is 0 Å². The predicted molar refractivity (Wildman–Crippen MR) is 39.5 cm³/mol. The van der Waals surface area contributed by atoms with Crippen LogP contribution in [0.1, 0.15) is 0 Å². The Morgan fingerprint density at radius 2 is 0.800 bits per heavy atom. The Labute approximate surface area is 91.0 Å². The van der Waals surface area contributed by atoms with Gasteiger partial charge in [0, 0.05) is 4.43 Å². The minimum Gasteiger partial charge on any atom is -0.170 e. The van der Waals surface area contributed by atoms with Crippen LogP contribution in [0.3, 0.4) is 0 Å². The Hall–Kier alpha value is 0.100. The Morgan fingerprint density at radius 3 is 0.800 bits per heavy atom. The van der Waals surface area contributed by atoms with E-state index in [1.54, 1.807) is 0 Å². The summed E-state index contributed by atoms with van der Waals surface area (Å²) in [5.41, 5.74) is -5.66. The normalized spacial score (nSPS) is 15.6. The molecule has 0 aromatic heterocycles. The highest BCUT2D eigenvalue weighted by atomic mass is 127. The zero-order valence-electron chi connectivity index (χ0n) is 6.49. The fraction of sp³-hybridized carbons (Fsp3) is 1.00. The number of hydrogen-bond donors (Lipinski definition) is 0. The molecule has 92 valence electrons. The van der Waals surface area contributed by atoms with E-state index < -0.39 is 28.4 Å². The first-order valence-corrected chi connectivity index (χ1v) is 4.60. The lowest BCUT2D eigenvalue weighted by Crippen LogP contribution is -2.60. The van der Waals surface area contributed by atoms with Crippen LogP contribution in [0.15, 0.2) is 0 Å². The van der Waals surface area contributed by atoms with Gasteiger partial charge in [-0.05, 0) is 0 Å². The van der Waals surface area contributed by atoms with Gasteiger partial charge in [-0.2, -0.15) is 39.5 Å². The molecule has 0 saturated heterocycles. The molecule has 0 aromatic carbocycles. The predicted octanol–water partition coefficient (Wildman–Crippen LogP) is 4.09. The van der Waals surface area contributed by atoms with Crippen LogP contribution in [0, 0.1) is 5.41 Å². The summed E-state index contributed by atoms with van der Waals surface area (Å²) >= 11 is 0.418. The van der Waals surface area contributed by atoms with Gasteiger partial charge in [0.15, 0.2) is 0 Å². The van der Waals surface area contributed by atoms with E-state index in [-0.39, 0.29) is 0 Å². The van der Waals surface area contributed by atoms with Crippen molar-refractivity contribution in [1.29, 1.82) is 0 Å². The van der Waals surface area contributed by atoms with Crippen molar-refractivity contribution >= 4 is 22.6 Å². The van der Waals surface area contributed by atoms with Gasteiger partial charge in [-0.3, -0.25) is 0 Å². The molecule has 0 atom stereocenters. The van der Waals surface area contributed by atoms with Gasteiger partial charge in [0.2, 0.25) is 0 Å². The molecule has 0 spiro atoms. The third-order valence-electron chi connectivity index (χ3n) is 1.65. The Bertz CT molecular complexity index is 184. The average Bonchev–Trinajstić information content (AvgIpc) is 1.76. The summed E-state index contributed by atoms with van der Waals surface area (Å²) in [7, 11) is 0. The molecular weight excluding hydrogens is 358 g/mol. The number of hydrogen-bond acceptors (Lipinski definition) is 0. The van der Waals surface area contributed by atoms with Crippen molar-refractivity contribution in [2.45, 2.75) is 18.5 Å². The third-order valence-corrected chi connectivity index (χ3v) is 2.80. The van der Waals surface area contributed by atoms with Gasteiger partial charge in [-0.1, -0.05) is 22.6 Å². The monoisotopic (exact) mass is 360 g/mol. The maximum absolute atomic E-state index is 11.9. The van der Waals surface area contributed by atoms with Gasteiger partial charge in [-0.25, -0.2) is 0 Å².